The Morgan fingerprint density at radius 3 is 2.20 bits per heavy atom. The third kappa shape index (κ3) is 7.67. The predicted octanol–water partition coefficient (Wildman–Crippen LogP) is 6.73. The van der Waals surface area contributed by atoms with E-state index < -0.39 is 59.0 Å². The molecule has 1 saturated carbocycles. The van der Waals surface area contributed by atoms with Crippen molar-refractivity contribution in [3.8, 4) is 5.75 Å². The highest BCUT2D eigenvalue weighted by atomic mass is 19.4. The molecule has 0 aromatic heterocycles. The minimum absolute atomic E-state index is 0.0352. The molecule has 4 atom stereocenters. The number of amides is 1. The van der Waals surface area contributed by atoms with Gasteiger partial charge in [0.25, 0.3) is 5.91 Å². The fraction of sp³-hybridized carbons (Fsp3) is 0.622. The van der Waals surface area contributed by atoms with Crippen molar-refractivity contribution in [1.82, 2.24) is 9.80 Å². The molecule has 8 nitrogen and oxygen atoms in total. The molecular weight excluding hydrogens is 680 g/mol. The number of hydrogen-bond donors (Lipinski definition) is 1. The van der Waals surface area contributed by atoms with Gasteiger partial charge in [0, 0.05) is 76.2 Å². The van der Waals surface area contributed by atoms with E-state index in [2.05, 4.69) is 0 Å². The number of alkyl halides is 6. The first-order chi connectivity index (χ1) is 24.1. The van der Waals surface area contributed by atoms with Gasteiger partial charge in [-0.1, -0.05) is 18.2 Å². The highest BCUT2D eigenvalue weighted by Crippen LogP contribution is 2.48. The van der Waals surface area contributed by atoms with Gasteiger partial charge in [-0.05, 0) is 67.5 Å². The van der Waals surface area contributed by atoms with E-state index in [1.54, 1.807) is 29.2 Å². The van der Waals surface area contributed by atoms with Crippen LogP contribution in [0.15, 0.2) is 42.5 Å². The van der Waals surface area contributed by atoms with E-state index in [4.69, 9.17) is 9.47 Å². The lowest BCUT2D eigenvalue weighted by Gasteiger charge is -2.36. The Morgan fingerprint density at radius 1 is 0.941 bits per heavy atom. The van der Waals surface area contributed by atoms with E-state index in [-0.39, 0.29) is 83.9 Å². The first-order valence-corrected chi connectivity index (χ1v) is 17.6. The summed E-state index contributed by atoms with van der Waals surface area (Å²) < 4.78 is 98.5. The molecule has 0 unspecified atom stereocenters. The van der Waals surface area contributed by atoms with Crippen molar-refractivity contribution in [3.05, 3.63) is 59.2 Å². The molecule has 51 heavy (non-hydrogen) atoms. The van der Waals surface area contributed by atoms with Crippen LogP contribution in [-0.4, -0.2) is 104 Å². The van der Waals surface area contributed by atoms with E-state index in [0.717, 1.165) is 12.1 Å². The lowest BCUT2D eigenvalue weighted by Crippen LogP contribution is -2.53. The molecular formula is C37H45F6N3O5. The van der Waals surface area contributed by atoms with Crippen LogP contribution < -0.4 is 9.64 Å². The topological polar surface area (TPSA) is 82.5 Å². The van der Waals surface area contributed by atoms with E-state index >= 15 is 4.39 Å². The quantitative estimate of drug-likeness (QED) is 0.287. The van der Waals surface area contributed by atoms with Crippen molar-refractivity contribution in [2.45, 2.75) is 86.6 Å². The van der Waals surface area contributed by atoms with E-state index in [1.165, 1.54) is 25.2 Å². The molecule has 3 aliphatic heterocycles. The summed E-state index contributed by atoms with van der Waals surface area (Å²) in [5.41, 5.74) is -1.78. The Kier molecular flexibility index (Phi) is 10.6. The normalized spacial score (nSPS) is 28.0. The number of rotatable bonds is 9. The highest BCUT2D eigenvalue weighted by Gasteiger charge is 2.58. The molecule has 280 valence electrons. The molecule has 6 rings (SSSR count). The van der Waals surface area contributed by atoms with Gasteiger partial charge in [0.1, 0.15) is 5.75 Å². The number of carboxylic acids is 1. The summed E-state index contributed by atoms with van der Waals surface area (Å²) in [6, 6.07) is 9.44. The number of hydrogen-bond acceptors (Lipinski definition) is 6. The van der Waals surface area contributed by atoms with Crippen LogP contribution in [0, 0.1) is 5.92 Å². The maximum atomic E-state index is 17.8. The van der Waals surface area contributed by atoms with Gasteiger partial charge in [0.05, 0.1) is 31.2 Å². The minimum atomic E-state index is -4.61. The van der Waals surface area contributed by atoms with Gasteiger partial charge in [-0.3, -0.25) is 14.5 Å². The van der Waals surface area contributed by atoms with Gasteiger partial charge in [-0.2, -0.15) is 13.2 Å². The van der Waals surface area contributed by atoms with E-state index in [0.29, 0.717) is 29.0 Å². The molecule has 14 heteroatoms. The molecule has 4 fully saturated rings. The average Bonchev–Trinajstić information content (AvgIpc) is 3.69. The maximum Gasteiger partial charge on any atom is 0.416 e. The largest absolute Gasteiger partial charge is 0.497 e. The second kappa shape index (κ2) is 14.5. The Morgan fingerprint density at radius 2 is 1.61 bits per heavy atom. The summed E-state index contributed by atoms with van der Waals surface area (Å²) in [7, 11) is 2.97. The highest BCUT2D eigenvalue weighted by molar-refractivity contribution is 5.88. The number of carbonyl (C=O) groups excluding carboxylic acids is 1. The molecule has 0 bridgehead atoms. The van der Waals surface area contributed by atoms with Crippen molar-refractivity contribution >= 4 is 17.6 Å². The lowest BCUT2D eigenvalue weighted by molar-refractivity contribution is -0.146. The van der Waals surface area contributed by atoms with Crippen LogP contribution in [0.4, 0.5) is 32.0 Å². The van der Waals surface area contributed by atoms with Gasteiger partial charge in [0.2, 0.25) is 11.6 Å². The number of piperidine rings is 1. The summed E-state index contributed by atoms with van der Waals surface area (Å²) in [5, 5.41) is 9.48. The van der Waals surface area contributed by atoms with Gasteiger partial charge in [-0.15, -0.1) is 0 Å². The number of methoxy groups -OCH3 is 2. The van der Waals surface area contributed by atoms with Crippen molar-refractivity contribution in [2.75, 3.05) is 58.5 Å². The third-order valence-electron chi connectivity index (χ3n) is 11.5. The Hall–Kier alpha value is -3.52. The molecule has 1 amide bonds. The van der Waals surface area contributed by atoms with Crippen LogP contribution in [0.25, 0.3) is 0 Å². The number of likely N-dealkylation sites (tertiary alicyclic amines) is 2. The molecule has 2 aromatic carbocycles. The fourth-order valence-corrected chi connectivity index (χ4v) is 8.63. The second-order valence-corrected chi connectivity index (χ2v) is 14.6. The first kappa shape index (κ1) is 37.2. The summed E-state index contributed by atoms with van der Waals surface area (Å²) in [4.78, 5) is 31.3. The Bertz CT molecular complexity index is 1560. The first-order valence-electron chi connectivity index (χ1n) is 17.6. The monoisotopic (exact) mass is 725 g/mol. The number of benzene rings is 2. The molecule has 3 heterocycles. The van der Waals surface area contributed by atoms with E-state index in [9.17, 15) is 36.6 Å². The summed E-state index contributed by atoms with van der Waals surface area (Å²) in [6.07, 6.45) is -3.98. The SMILES string of the molecule is COC[C@@H]1C[C@@H](c2ccc(C(F)(F)F)cc2N2CCC(C(=O)O)CC2)CN1C(=O)[C@]1(F)CN(C2CCC(F)(F)CC2)C[C@H]1c1ccc(OC)cc1. The molecule has 0 spiro atoms. The zero-order valence-electron chi connectivity index (χ0n) is 28.8. The van der Waals surface area contributed by atoms with Crippen LogP contribution in [0.2, 0.25) is 0 Å². The van der Waals surface area contributed by atoms with Crippen molar-refractivity contribution in [1.29, 1.82) is 0 Å². The molecule has 4 aliphatic rings. The third-order valence-corrected chi connectivity index (χ3v) is 11.5. The van der Waals surface area contributed by atoms with Crippen molar-refractivity contribution in [2.24, 2.45) is 5.92 Å². The minimum Gasteiger partial charge on any atom is -0.497 e. The zero-order valence-corrected chi connectivity index (χ0v) is 28.8. The number of ether oxygens (including phenoxy) is 2. The zero-order chi connectivity index (χ0) is 36.7. The fourth-order valence-electron chi connectivity index (χ4n) is 8.63. The van der Waals surface area contributed by atoms with Gasteiger partial charge in [-0.25, -0.2) is 13.2 Å². The average molecular weight is 726 g/mol. The van der Waals surface area contributed by atoms with Crippen molar-refractivity contribution < 1.29 is 50.5 Å². The summed E-state index contributed by atoms with van der Waals surface area (Å²) in [6.45, 7) is 0.501. The number of aliphatic carboxylic acids is 1. The smallest absolute Gasteiger partial charge is 0.416 e. The van der Waals surface area contributed by atoms with Crippen LogP contribution in [0.3, 0.4) is 0 Å². The number of nitrogens with zero attached hydrogens (tertiary/aromatic N) is 3. The van der Waals surface area contributed by atoms with Gasteiger partial charge in [0.15, 0.2) is 0 Å². The number of anilines is 1. The maximum absolute atomic E-state index is 17.8. The number of carbonyl (C=O) groups is 2. The molecule has 0 radical (unpaired) electrons. The van der Waals surface area contributed by atoms with Gasteiger partial charge < -0.3 is 24.4 Å². The second-order valence-electron chi connectivity index (χ2n) is 14.6. The predicted molar refractivity (Wildman–Crippen MR) is 177 cm³/mol. The van der Waals surface area contributed by atoms with Crippen LogP contribution >= 0.6 is 0 Å². The lowest BCUT2D eigenvalue weighted by atomic mass is 9.85. The van der Waals surface area contributed by atoms with Gasteiger partial charge >= 0.3 is 12.1 Å². The number of carboxylic acid groups (broad SMARTS) is 1. The van der Waals surface area contributed by atoms with Crippen molar-refractivity contribution in [3.63, 3.8) is 0 Å². The van der Waals surface area contributed by atoms with E-state index in [1.807, 2.05) is 4.90 Å². The summed E-state index contributed by atoms with van der Waals surface area (Å²) in [5.74, 6) is -5.85. The Balaban J connectivity index is 1.31. The molecule has 1 aliphatic carbocycles. The summed E-state index contributed by atoms with van der Waals surface area (Å²) >= 11 is 0. The van der Waals surface area contributed by atoms with Crippen LogP contribution in [0.5, 0.6) is 5.75 Å². The van der Waals surface area contributed by atoms with Crippen LogP contribution in [-0.2, 0) is 20.5 Å². The Labute approximate surface area is 293 Å². The molecule has 1 N–H and O–H groups in total. The molecule has 2 aromatic rings. The van der Waals surface area contributed by atoms with Crippen LogP contribution in [0.1, 0.15) is 73.5 Å². The molecule has 3 saturated heterocycles. The number of halogens is 6. The standard InChI is InChI=1S/C37H45F6N3O5/c1-50-21-28-17-25(30-8-5-26(37(41,42)43)18-32(30)44-15-11-24(12-16-44)33(47)48)19-46(28)34(49)36(40)22-45(27-9-13-35(38,39)14-10-27)20-31(36)23-3-6-29(51-2)7-4-23/h3-8,18,24-25,27-28,31H,9-17,19-22H2,1-2H3,(H,47,48)/t25-,28+,31+,36+/m1/s1.